The van der Waals surface area contributed by atoms with Crippen LogP contribution in [0.1, 0.15) is 0 Å². The van der Waals surface area contributed by atoms with Crippen molar-refractivity contribution in [3.8, 4) is 47.4 Å². The van der Waals surface area contributed by atoms with Crippen molar-refractivity contribution in [2.45, 2.75) is 0 Å². The maximum absolute atomic E-state index is 11.4. The van der Waals surface area contributed by atoms with Crippen LogP contribution in [-0.2, 0) is 9.84 Å². The van der Waals surface area contributed by atoms with Crippen molar-refractivity contribution in [1.82, 2.24) is 0 Å². The average Bonchev–Trinajstić information content (AvgIpc) is 2.29. The first-order chi connectivity index (χ1) is 8.21. The van der Waals surface area contributed by atoms with E-state index in [1.54, 1.807) is 0 Å². The molecule has 0 saturated heterocycles. The van der Waals surface area contributed by atoms with E-state index in [9.17, 15) is 8.42 Å². The lowest BCUT2D eigenvalue weighted by molar-refractivity contribution is 0.603. The van der Waals surface area contributed by atoms with Gasteiger partial charge in [0.25, 0.3) is 0 Å². The van der Waals surface area contributed by atoms with Crippen LogP contribution in [0.3, 0.4) is 0 Å². The average molecular weight is 240 g/mol. The van der Waals surface area contributed by atoms with Crippen LogP contribution in [-0.4, -0.2) is 19.9 Å². The second-order valence-corrected chi connectivity index (χ2v) is 4.94. The topological polar surface area (TPSA) is 34.1 Å². The zero-order valence-electron chi connectivity index (χ0n) is 8.95. The van der Waals surface area contributed by atoms with Gasteiger partial charge in [-0.2, -0.15) is 0 Å². The van der Waals surface area contributed by atoms with Crippen molar-refractivity contribution in [3.05, 3.63) is 24.3 Å². The van der Waals surface area contributed by atoms with E-state index >= 15 is 0 Å². The number of allylic oxidation sites excluding steroid dienone is 4. The van der Waals surface area contributed by atoms with Gasteiger partial charge in [0.15, 0.2) is 9.84 Å². The number of sulfone groups is 1. The predicted molar refractivity (Wildman–Crippen MR) is 68.0 cm³/mol. The first kappa shape index (κ1) is 12.7. The maximum Gasteiger partial charge on any atom is 0.172 e. The van der Waals surface area contributed by atoms with E-state index in [0.29, 0.717) is 0 Å². The molecule has 0 bridgehead atoms. The predicted octanol–water partition coefficient (Wildman–Crippen LogP) is 0.541. The summed E-state index contributed by atoms with van der Waals surface area (Å²) < 4.78 is 22.8. The van der Waals surface area contributed by atoms with Gasteiger partial charge in [0.05, 0.1) is 0 Å². The SMILES string of the molecule is O=S1(=O)CC#C/C=C\C#CC#C/C=C/C#CC1. The quantitative estimate of drug-likeness (QED) is 0.579. The lowest BCUT2D eigenvalue weighted by atomic mass is 10.4. The van der Waals surface area contributed by atoms with Crippen molar-refractivity contribution in [2.75, 3.05) is 11.5 Å². The van der Waals surface area contributed by atoms with Gasteiger partial charge < -0.3 is 0 Å². The molecule has 0 aromatic rings. The molecule has 1 aliphatic rings. The van der Waals surface area contributed by atoms with E-state index in [1.807, 2.05) is 0 Å². The number of hydrogen-bond donors (Lipinski definition) is 0. The van der Waals surface area contributed by atoms with E-state index in [-0.39, 0.29) is 11.5 Å². The zero-order chi connectivity index (χ0) is 12.4. The van der Waals surface area contributed by atoms with Gasteiger partial charge in [-0.3, -0.25) is 0 Å². The fourth-order valence-electron chi connectivity index (χ4n) is 0.794. The molecular weight excluding hydrogens is 232 g/mol. The Labute approximate surface area is 102 Å². The van der Waals surface area contributed by atoms with Crippen LogP contribution in [0.2, 0.25) is 0 Å². The fraction of sp³-hybridized carbons (Fsp3) is 0.143. The normalized spacial score (nSPS) is 20.0. The third kappa shape index (κ3) is 6.70. The zero-order valence-corrected chi connectivity index (χ0v) is 9.76. The summed E-state index contributed by atoms with van der Waals surface area (Å²) in [7, 11) is -3.23. The van der Waals surface area contributed by atoms with Gasteiger partial charge in [0.2, 0.25) is 0 Å². The van der Waals surface area contributed by atoms with Gasteiger partial charge >= 0.3 is 0 Å². The standard InChI is InChI=1S/C14H8O2S/c15-17(16)13-11-9-7-5-3-1-2-4-6-8-10-12-14-17/h5-8H,13-14H2/b7-5-,8-6+. The van der Waals surface area contributed by atoms with Crippen LogP contribution in [0.25, 0.3) is 0 Å². The van der Waals surface area contributed by atoms with E-state index in [4.69, 9.17) is 0 Å². The summed E-state index contributed by atoms with van der Waals surface area (Å²) in [6, 6.07) is 0. The molecule has 0 atom stereocenters. The third-order valence-corrected chi connectivity index (χ3v) is 2.66. The summed E-state index contributed by atoms with van der Waals surface area (Å²) >= 11 is 0. The Kier molecular flexibility index (Phi) is 5.27. The Hall–Kier alpha value is -2.33. The summed E-state index contributed by atoms with van der Waals surface area (Å²) in [5.74, 6) is 20.3. The van der Waals surface area contributed by atoms with Gasteiger partial charge in [-0.05, 0) is 36.1 Å². The van der Waals surface area contributed by atoms with Crippen molar-refractivity contribution < 1.29 is 8.42 Å². The van der Waals surface area contributed by atoms with E-state index in [0.717, 1.165) is 0 Å². The third-order valence-electron chi connectivity index (χ3n) is 1.50. The lowest BCUT2D eigenvalue weighted by Gasteiger charge is -1.90. The minimum Gasteiger partial charge on any atom is -0.227 e. The van der Waals surface area contributed by atoms with Gasteiger partial charge in [0, 0.05) is 0 Å². The fourth-order valence-corrected chi connectivity index (χ4v) is 1.50. The molecule has 1 rings (SSSR count). The molecule has 17 heavy (non-hydrogen) atoms. The Balaban J connectivity index is 2.94. The number of rotatable bonds is 0. The summed E-state index contributed by atoms with van der Waals surface area (Å²) in [5.41, 5.74) is 0. The van der Waals surface area contributed by atoms with E-state index in [2.05, 4.69) is 47.4 Å². The molecule has 0 unspecified atom stereocenters. The van der Waals surface area contributed by atoms with Crippen molar-refractivity contribution in [3.63, 3.8) is 0 Å². The molecule has 2 nitrogen and oxygen atoms in total. The van der Waals surface area contributed by atoms with Crippen LogP contribution >= 0.6 is 0 Å². The molecule has 0 aromatic carbocycles. The molecular formula is C14H8O2S. The molecule has 0 aromatic heterocycles. The van der Waals surface area contributed by atoms with Crippen LogP contribution in [0.4, 0.5) is 0 Å². The van der Waals surface area contributed by atoms with Crippen LogP contribution in [0.5, 0.6) is 0 Å². The van der Waals surface area contributed by atoms with Gasteiger partial charge in [0.1, 0.15) is 11.5 Å². The smallest absolute Gasteiger partial charge is 0.172 e. The van der Waals surface area contributed by atoms with E-state index in [1.165, 1.54) is 24.3 Å². The summed E-state index contributed by atoms with van der Waals surface area (Å²) in [5, 5.41) is 0. The second-order valence-electron chi connectivity index (χ2n) is 2.88. The second kappa shape index (κ2) is 7.03. The highest BCUT2D eigenvalue weighted by atomic mass is 32.2. The highest BCUT2D eigenvalue weighted by molar-refractivity contribution is 7.91. The lowest BCUT2D eigenvalue weighted by Crippen LogP contribution is -2.07. The van der Waals surface area contributed by atoms with Gasteiger partial charge in [-0.15, -0.1) is 0 Å². The Morgan fingerprint density at radius 2 is 1.12 bits per heavy atom. The van der Waals surface area contributed by atoms with Gasteiger partial charge in [-0.1, -0.05) is 35.5 Å². The highest BCUT2D eigenvalue weighted by Crippen LogP contribution is 1.87. The molecule has 82 valence electrons. The largest absolute Gasteiger partial charge is 0.227 e. The molecule has 1 heterocycles. The Morgan fingerprint density at radius 1 is 0.706 bits per heavy atom. The monoisotopic (exact) mass is 240 g/mol. The molecule has 0 saturated carbocycles. The molecule has 3 heteroatoms. The van der Waals surface area contributed by atoms with Crippen LogP contribution in [0.15, 0.2) is 24.3 Å². The minimum absolute atomic E-state index is 0.195. The van der Waals surface area contributed by atoms with Crippen LogP contribution < -0.4 is 0 Å². The Bertz CT molecular complexity index is 620. The van der Waals surface area contributed by atoms with Crippen molar-refractivity contribution >= 4 is 9.84 Å². The molecule has 0 radical (unpaired) electrons. The molecule has 0 fully saturated rings. The van der Waals surface area contributed by atoms with Crippen LogP contribution in [0, 0.1) is 47.4 Å². The van der Waals surface area contributed by atoms with Gasteiger partial charge in [-0.25, -0.2) is 8.42 Å². The number of hydrogen-bond acceptors (Lipinski definition) is 2. The summed E-state index contributed by atoms with van der Waals surface area (Å²) in [4.78, 5) is 0. The highest BCUT2D eigenvalue weighted by Gasteiger charge is 2.04. The molecule has 1 aliphatic heterocycles. The molecule has 0 spiro atoms. The summed E-state index contributed by atoms with van der Waals surface area (Å²) in [6.45, 7) is 0. The maximum atomic E-state index is 11.4. The Morgan fingerprint density at radius 3 is 1.59 bits per heavy atom. The van der Waals surface area contributed by atoms with E-state index < -0.39 is 9.84 Å². The molecule has 0 amide bonds. The summed E-state index contributed by atoms with van der Waals surface area (Å²) in [6.07, 6.45) is 6.03. The molecule has 0 aliphatic carbocycles. The van der Waals surface area contributed by atoms with Crippen molar-refractivity contribution in [1.29, 1.82) is 0 Å². The minimum atomic E-state index is -3.23. The first-order valence-corrected chi connectivity index (χ1v) is 6.51. The van der Waals surface area contributed by atoms with Crippen molar-refractivity contribution in [2.24, 2.45) is 0 Å². The first-order valence-electron chi connectivity index (χ1n) is 4.69. The molecule has 0 N–H and O–H groups in total.